The maximum absolute atomic E-state index is 12.1. The molecule has 9 nitrogen and oxygen atoms in total. The Balaban J connectivity index is -0.000000109. The molecular weight excluding hydrogens is 579 g/mol. The monoisotopic (exact) mass is 637 g/mol. The largest absolute Gasteiger partial charge is 1.00 e. The minimum atomic E-state index is -5.31. The molecule has 0 saturated carbocycles. The second kappa shape index (κ2) is 34.3. The molecule has 0 saturated heterocycles. The van der Waals surface area contributed by atoms with Crippen molar-refractivity contribution in [3.63, 3.8) is 0 Å². The van der Waals surface area contributed by atoms with Crippen LogP contribution < -0.4 is 75.1 Å². The minimum absolute atomic E-state index is 0. The van der Waals surface area contributed by atoms with E-state index in [2.05, 4.69) is 64.7 Å². The Bertz CT molecular complexity index is 1110. The Kier molecular flexibility index (Phi) is 39.0. The summed E-state index contributed by atoms with van der Waals surface area (Å²) in [4.78, 5) is 45.4. The van der Waals surface area contributed by atoms with E-state index in [1.165, 1.54) is 57.8 Å². The normalized spacial score (nSPS) is 9.76. The summed E-state index contributed by atoms with van der Waals surface area (Å²) in [7, 11) is -5.31. The molecule has 0 heterocycles. The third kappa shape index (κ3) is 36.8. The molecule has 0 aliphatic rings. The van der Waals surface area contributed by atoms with Gasteiger partial charge in [0.1, 0.15) is 6.61 Å². The van der Waals surface area contributed by atoms with Crippen LogP contribution in [0.25, 0.3) is 0 Å². The summed E-state index contributed by atoms with van der Waals surface area (Å²) < 4.78 is 24.9. The summed E-state index contributed by atoms with van der Waals surface area (Å²) in [6.07, 6.45) is 18.9. The molecule has 0 aliphatic carbocycles. The first-order chi connectivity index (χ1) is 18.8. The van der Waals surface area contributed by atoms with Crippen molar-refractivity contribution in [2.24, 2.45) is 0 Å². The van der Waals surface area contributed by atoms with Crippen LogP contribution in [-0.4, -0.2) is 31.3 Å². The SMILES string of the molecule is C#CC#CC#CC#CC#CC(=O)OC[C@H](COP(=O)([O-])[O-])OC(=O)CCCCCCCCCCCCCCC.N.[HH].[HH].[HH].[HH].[HH].[HH].[HH].[HH].[HH].[Na+].[Na+]. The van der Waals surface area contributed by atoms with Gasteiger partial charge in [-0.25, -0.2) is 4.79 Å². The Morgan fingerprint density at radius 1 is 0.762 bits per heavy atom. The number of esters is 2. The van der Waals surface area contributed by atoms with Gasteiger partial charge in [0.05, 0.1) is 14.4 Å². The van der Waals surface area contributed by atoms with Crippen LogP contribution in [0, 0.1) is 59.7 Å². The molecule has 0 fully saturated rings. The average molecular weight is 638 g/mol. The topological polar surface area (TPSA) is 160 Å². The third-order valence-corrected chi connectivity index (χ3v) is 5.68. The second-order valence-corrected chi connectivity index (χ2v) is 9.74. The number of phosphoric ester groups is 1. The van der Waals surface area contributed by atoms with E-state index in [-0.39, 0.29) is 84.5 Å². The number of hydrogen-bond acceptors (Lipinski definition) is 9. The summed E-state index contributed by atoms with van der Waals surface area (Å²) in [5, 5.41) is 0. The van der Waals surface area contributed by atoms with Crippen molar-refractivity contribution in [2.75, 3.05) is 13.2 Å². The number of unbranched alkanes of at least 4 members (excludes halogenated alkanes) is 12. The van der Waals surface area contributed by atoms with Crippen molar-refractivity contribution in [2.45, 2.75) is 103 Å². The molecule has 0 aromatic rings. The quantitative estimate of drug-likeness (QED) is 0.0476. The van der Waals surface area contributed by atoms with Crippen molar-refractivity contribution in [1.29, 1.82) is 0 Å². The Morgan fingerprint density at radius 3 is 1.69 bits per heavy atom. The number of phosphoric acid groups is 1. The van der Waals surface area contributed by atoms with Crippen LogP contribution in [0.4, 0.5) is 0 Å². The minimum Gasteiger partial charge on any atom is -0.790 e. The second-order valence-electron chi connectivity index (χ2n) is 8.59. The van der Waals surface area contributed by atoms with Gasteiger partial charge in [-0.15, -0.1) is 6.42 Å². The number of hydrogen-bond donors (Lipinski definition) is 1. The molecular formula is C30H58NNa2O8P. The van der Waals surface area contributed by atoms with E-state index in [0.717, 1.165) is 19.3 Å². The number of rotatable bonds is 20. The molecule has 0 aromatic carbocycles. The molecule has 42 heavy (non-hydrogen) atoms. The molecule has 1 atom stereocenters. The fourth-order valence-electron chi connectivity index (χ4n) is 3.30. The fourth-order valence-corrected chi connectivity index (χ4v) is 3.65. The fraction of sp³-hybridized carbons (Fsp3) is 0.600. The van der Waals surface area contributed by atoms with Gasteiger partial charge in [-0.1, -0.05) is 84.0 Å². The Labute approximate surface area is 309 Å². The van der Waals surface area contributed by atoms with Crippen LogP contribution >= 0.6 is 7.82 Å². The van der Waals surface area contributed by atoms with Crippen LogP contribution in [0.5, 0.6) is 0 Å². The smallest absolute Gasteiger partial charge is 0.790 e. The van der Waals surface area contributed by atoms with E-state index in [1.807, 2.05) is 0 Å². The summed E-state index contributed by atoms with van der Waals surface area (Å²) in [5.41, 5.74) is 0. The molecule has 0 radical (unpaired) electrons. The van der Waals surface area contributed by atoms with Gasteiger partial charge in [0, 0.05) is 25.2 Å². The van der Waals surface area contributed by atoms with Crippen LogP contribution in [0.3, 0.4) is 0 Å². The molecule has 0 amide bonds. The standard InChI is InChI=1S/C30H39O8P.H3N.2Na.9H2/c1-3-5-7-9-11-13-14-15-16-17-19-21-23-25-30(32)38-28(27-37-39(33,34)35)26-36-29(31)24-22-20-18-12-10-8-6-4-2;;;;;;;;;;;;/h2,28H,3,5,7,9,11,13-17,19,21,23,25-27H2,1H3,(H2,33,34,35);1H3;;;9*1H/q;;2*+1;;;;;;;;;/p-2/t28-;;;;;;;;;;;;/m1............/s1. The Morgan fingerprint density at radius 2 is 1.21 bits per heavy atom. The predicted octanol–water partition coefficient (Wildman–Crippen LogP) is -0.201. The first-order valence-electron chi connectivity index (χ1n) is 13.3. The van der Waals surface area contributed by atoms with Gasteiger partial charge in [0.25, 0.3) is 0 Å². The molecule has 0 aromatic heterocycles. The van der Waals surface area contributed by atoms with Crippen LogP contribution in [0.1, 0.15) is 110 Å². The number of terminal acetylenes is 1. The van der Waals surface area contributed by atoms with Crippen molar-refractivity contribution in [3.8, 4) is 59.7 Å². The van der Waals surface area contributed by atoms with E-state index in [1.54, 1.807) is 0 Å². The molecule has 0 unspecified atom stereocenters. The van der Waals surface area contributed by atoms with E-state index in [4.69, 9.17) is 15.9 Å². The number of carbonyl (C=O) groups is 2. The first kappa shape index (κ1) is 47.7. The Hall–Kier alpha value is -1.19. The van der Waals surface area contributed by atoms with Crippen LogP contribution in [-0.2, 0) is 28.2 Å². The van der Waals surface area contributed by atoms with Gasteiger partial charge in [0.15, 0.2) is 6.10 Å². The summed E-state index contributed by atoms with van der Waals surface area (Å²) >= 11 is 0. The molecule has 3 N–H and O–H groups in total. The number of carbonyl (C=O) groups excluding carboxylic acids is 2. The molecule has 238 valence electrons. The van der Waals surface area contributed by atoms with Crippen LogP contribution in [0.15, 0.2) is 0 Å². The third-order valence-electron chi connectivity index (χ3n) is 5.21. The van der Waals surface area contributed by atoms with E-state index < -0.39 is 39.1 Å². The van der Waals surface area contributed by atoms with Gasteiger partial charge in [0.2, 0.25) is 0 Å². The zero-order valence-corrected chi connectivity index (χ0v) is 30.3. The van der Waals surface area contributed by atoms with Crippen molar-refractivity contribution < 1.29 is 110 Å². The van der Waals surface area contributed by atoms with E-state index >= 15 is 0 Å². The molecule has 0 rings (SSSR count). The maximum Gasteiger partial charge on any atom is 1.00 e. The predicted molar refractivity (Wildman–Crippen MR) is 169 cm³/mol. The maximum atomic E-state index is 12.1. The zero-order chi connectivity index (χ0) is 29.0. The van der Waals surface area contributed by atoms with Crippen molar-refractivity contribution >= 4 is 19.8 Å². The zero-order valence-electron chi connectivity index (χ0n) is 25.4. The van der Waals surface area contributed by atoms with Gasteiger partial charge in [-0.2, -0.15) is 0 Å². The van der Waals surface area contributed by atoms with Gasteiger partial charge in [-0.3, -0.25) is 4.79 Å². The van der Waals surface area contributed by atoms with Crippen molar-refractivity contribution in [3.05, 3.63) is 0 Å². The molecule has 0 spiro atoms. The van der Waals surface area contributed by atoms with Gasteiger partial charge < -0.3 is 34.5 Å². The van der Waals surface area contributed by atoms with E-state index in [9.17, 15) is 23.9 Å². The van der Waals surface area contributed by atoms with Crippen LogP contribution in [0.2, 0.25) is 0 Å². The first-order valence-corrected chi connectivity index (χ1v) is 14.7. The molecule has 0 bridgehead atoms. The number of ether oxygens (including phenoxy) is 2. The summed E-state index contributed by atoms with van der Waals surface area (Å²) in [5.74, 6) is 18.6. The van der Waals surface area contributed by atoms with Gasteiger partial charge >= 0.3 is 71.1 Å². The van der Waals surface area contributed by atoms with Crippen molar-refractivity contribution in [1.82, 2.24) is 6.15 Å². The average Bonchev–Trinajstić information content (AvgIpc) is 2.89. The molecule has 12 heteroatoms. The summed E-state index contributed by atoms with van der Waals surface area (Å²) in [6.45, 7) is 0.896. The molecule has 0 aliphatic heterocycles. The summed E-state index contributed by atoms with van der Waals surface area (Å²) in [6, 6.07) is 0. The van der Waals surface area contributed by atoms with Gasteiger partial charge in [-0.05, 0) is 53.8 Å². The van der Waals surface area contributed by atoms with E-state index in [0.29, 0.717) is 6.42 Å².